The Kier molecular flexibility index (Phi) is 7.01. The van der Waals surface area contributed by atoms with E-state index in [0.29, 0.717) is 18.2 Å². The highest BCUT2D eigenvalue weighted by Gasteiger charge is 2.35. The maximum Gasteiger partial charge on any atom is 0.256 e. The van der Waals surface area contributed by atoms with Crippen molar-refractivity contribution in [3.05, 3.63) is 88.4 Å². The molecular formula is C30H33ClN4O3. The molecule has 8 heteroatoms. The van der Waals surface area contributed by atoms with E-state index in [-0.39, 0.29) is 23.9 Å². The summed E-state index contributed by atoms with van der Waals surface area (Å²) in [5, 5.41) is 17.5. The van der Waals surface area contributed by atoms with Crippen molar-refractivity contribution in [2.24, 2.45) is 5.92 Å². The lowest BCUT2D eigenvalue weighted by atomic mass is 9.92. The van der Waals surface area contributed by atoms with Crippen LogP contribution in [0, 0.1) is 5.92 Å². The normalized spacial score (nSPS) is 24.2. The van der Waals surface area contributed by atoms with Crippen LogP contribution in [0.4, 0.5) is 17.1 Å². The van der Waals surface area contributed by atoms with Gasteiger partial charge in [-0.25, -0.2) is 0 Å². The van der Waals surface area contributed by atoms with Crippen LogP contribution in [0.5, 0.6) is 0 Å². The van der Waals surface area contributed by atoms with Gasteiger partial charge in [0.1, 0.15) is 6.23 Å². The predicted molar refractivity (Wildman–Crippen MR) is 151 cm³/mol. The van der Waals surface area contributed by atoms with Gasteiger partial charge >= 0.3 is 0 Å². The van der Waals surface area contributed by atoms with Gasteiger partial charge in [-0.1, -0.05) is 48.0 Å². The van der Waals surface area contributed by atoms with Gasteiger partial charge < -0.3 is 25.4 Å². The molecule has 3 aromatic rings. The van der Waals surface area contributed by atoms with Crippen LogP contribution in [0.25, 0.3) is 0 Å². The molecule has 38 heavy (non-hydrogen) atoms. The van der Waals surface area contributed by atoms with Crippen LogP contribution >= 0.6 is 11.6 Å². The lowest BCUT2D eigenvalue weighted by Crippen LogP contribution is -2.53. The van der Waals surface area contributed by atoms with Gasteiger partial charge in [0.25, 0.3) is 5.91 Å². The van der Waals surface area contributed by atoms with Gasteiger partial charge in [-0.2, -0.15) is 0 Å². The van der Waals surface area contributed by atoms with E-state index in [9.17, 15) is 9.90 Å². The lowest BCUT2D eigenvalue weighted by molar-refractivity contribution is 0.102. The number of aliphatic hydroxyl groups is 1. The molecule has 0 aliphatic carbocycles. The summed E-state index contributed by atoms with van der Waals surface area (Å²) in [5.74, 6) is 0.0274. The molecule has 0 spiro atoms. The number of nitrogens with zero attached hydrogens (tertiary/aromatic N) is 2. The van der Waals surface area contributed by atoms with Crippen molar-refractivity contribution in [1.82, 2.24) is 4.90 Å². The molecule has 4 unspecified atom stereocenters. The highest BCUT2D eigenvalue weighted by Crippen LogP contribution is 2.40. The Hall–Kier alpha value is -3.10. The van der Waals surface area contributed by atoms with Gasteiger partial charge in [-0.3, -0.25) is 9.69 Å². The average Bonchev–Trinajstić information content (AvgIpc) is 3.42. The Labute approximate surface area is 228 Å². The smallest absolute Gasteiger partial charge is 0.256 e. The zero-order valence-corrected chi connectivity index (χ0v) is 22.2. The maximum absolute atomic E-state index is 13.0. The van der Waals surface area contributed by atoms with Crippen molar-refractivity contribution in [3.63, 3.8) is 0 Å². The standard InChI is InChI=1S/C30H33ClN4O3/c1-19-17-34(28-22-6-2-3-7-23(22)30(37)33-26-9-5-4-8-24(26)28)13-14-35(19)27-11-10-21(16-25(27)31)32-29(36)20-12-15-38-18-20/h2-11,16,19-20,28-29,32,36H,12-15,17-18H2,1H3,(H,33,37). The minimum atomic E-state index is -0.659. The number of ether oxygens (including phenoxy) is 1. The Morgan fingerprint density at radius 1 is 1.08 bits per heavy atom. The highest BCUT2D eigenvalue weighted by molar-refractivity contribution is 6.33. The largest absolute Gasteiger partial charge is 0.381 e. The van der Waals surface area contributed by atoms with Gasteiger partial charge in [-0.05, 0) is 54.8 Å². The number of amides is 1. The molecule has 3 aromatic carbocycles. The predicted octanol–water partition coefficient (Wildman–Crippen LogP) is 4.97. The summed E-state index contributed by atoms with van der Waals surface area (Å²) in [6.45, 7) is 5.93. The molecule has 6 rings (SSSR count). The molecule has 2 saturated heterocycles. The first kappa shape index (κ1) is 25.2. The number of carbonyl (C=O) groups is 1. The molecule has 0 aromatic heterocycles. The molecule has 4 atom stereocenters. The van der Waals surface area contributed by atoms with Gasteiger partial charge in [0.05, 0.1) is 23.4 Å². The summed E-state index contributed by atoms with van der Waals surface area (Å²) in [5.41, 5.74) is 5.53. The van der Waals surface area contributed by atoms with Crippen LogP contribution in [0.15, 0.2) is 66.7 Å². The Bertz CT molecular complexity index is 1330. The highest BCUT2D eigenvalue weighted by atomic mass is 35.5. The number of piperazine rings is 1. The zero-order valence-electron chi connectivity index (χ0n) is 21.4. The van der Waals surface area contributed by atoms with Crippen LogP contribution in [-0.2, 0) is 4.74 Å². The SMILES string of the molecule is CC1CN(C2c3ccccc3NC(=O)c3ccccc32)CCN1c1ccc(NC(O)C2CCOC2)cc1Cl. The number of para-hydroxylation sites is 1. The molecule has 198 valence electrons. The van der Waals surface area contributed by atoms with Gasteiger partial charge in [-0.15, -0.1) is 0 Å². The van der Waals surface area contributed by atoms with E-state index in [1.54, 1.807) is 0 Å². The molecule has 3 heterocycles. The molecular weight excluding hydrogens is 500 g/mol. The molecule has 0 radical (unpaired) electrons. The fourth-order valence-corrected chi connectivity index (χ4v) is 6.33. The first-order valence-electron chi connectivity index (χ1n) is 13.3. The number of hydrogen-bond donors (Lipinski definition) is 3. The summed E-state index contributed by atoms with van der Waals surface area (Å²) < 4.78 is 5.40. The maximum atomic E-state index is 13.0. The second-order valence-corrected chi connectivity index (χ2v) is 10.9. The van der Waals surface area contributed by atoms with E-state index in [1.807, 2.05) is 54.6 Å². The first-order valence-corrected chi connectivity index (χ1v) is 13.7. The fourth-order valence-electron chi connectivity index (χ4n) is 6.04. The van der Waals surface area contributed by atoms with Crippen LogP contribution in [0.1, 0.15) is 40.9 Å². The van der Waals surface area contributed by atoms with Crippen molar-refractivity contribution >= 4 is 34.6 Å². The second kappa shape index (κ2) is 10.6. The number of carbonyl (C=O) groups excluding carboxylic acids is 1. The molecule has 3 aliphatic rings. The van der Waals surface area contributed by atoms with Gasteiger partial charge in [0.15, 0.2) is 0 Å². The number of nitrogens with one attached hydrogen (secondary N) is 2. The summed E-state index contributed by atoms with van der Waals surface area (Å²) in [6.07, 6.45) is 0.190. The summed E-state index contributed by atoms with van der Waals surface area (Å²) in [6, 6.07) is 22.1. The third kappa shape index (κ3) is 4.76. The number of anilines is 3. The summed E-state index contributed by atoms with van der Waals surface area (Å²) in [7, 11) is 0. The van der Waals surface area contributed by atoms with Crippen molar-refractivity contribution in [2.45, 2.75) is 31.7 Å². The molecule has 3 aliphatic heterocycles. The third-order valence-electron chi connectivity index (χ3n) is 8.01. The molecule has 7 nitrogen and oxygen atoms in total. The number of hydrogen-bond acceptors (Lipinski definition) is 6. The van der Waals surface area contributed by atoms with Gasteiger partial charge in [0.2, 0.25) is 0 Å². The van der Waals surface area contributed by atoms with E-state index in [4.69, 9.17) is 16.3 Å². The Morgan fingerprint density at radius 3 is 2.63 bits per heavy atom. The van der Waals surface area contributed by atoms with Crippen LogP contribution in [0.2, 0.25) is 5.02 Å². The summed E-state index contributed by atoms with van der Waals surface area (Å²) in [4.78, 5) is 17.8. The van der Waals surface area contributed by atoms with E-state index < -0.39 is 6.23 Å². The average molecular weight is 533 g/mol. The monoisotopic (exact) mass is 532 g/mol. The molecule has 2 fully saturated rings. The van der Waals surface area contributed by atoms with Crippen molar-refractivity contribution < 1.29 is 14.6 Å². The van der Waals surface area contributed by atoms with Crippen LogP contribution < -0.4 is 15.5 Å². The Morgan fingerprint density at radius 2 is 1.87 bits per heavy atom. The van der Waals surface area contributed by atoms with Crippen molar-refractivity contribution in [3.8, 4) is 0 Å². The van der Waals surface area contributed by atoms with E-state index in [2.05, 4.69) is 39.5 Å². The number of halogens is 1. The quantitative estimate of drug-likeness (QED) is 0.403. The zero-order chi connectivity index (χ0) is 26.2. The first-order chi connectivity index (χ1) is 18.5. The number of aliphatic hydroxyl groups excluding tert-OH is 1. The number of rotatable bonds is 5. The molecule has 0 bridgehead atoms. The fraction of sp³-hybridized carbons (Fsp3) is 0.367. The lowest BCUT2D eigenvalue weighted by Gasteiger charge is -2.45. The number of fused-ring (bicyclic) bond motifs is 2. The van der Waals surface area contributed by atoms with Crippen LogP contribution in [0.3, 0.4) is 0 Å². The molecule has 1 amide bonds. The summed E-state index contributed by atoms with van der Waals surface area (Å²) >= 11 is 6.78. The van der Waals surface area contributed by atoms with E-state index >= 15 is 0 Å². The number of benzene rings is 3. The van der Waals surface area contributed by atoms with Crippen LogP contribution in [-0.4, -0.2) is 61.0 Å². The minimum Gasteiger partial charge on any atom is -0.381 e. The second-order valence-electron chi connectivity index (χ2n) is 10.4. The Balaban J connectivity index is 1.22. The van der Waals surface area contributed by atoms with Gasteiger partial charge in [0, 0.05) is 55.1 Å². The topological polar surface area (TPSA) is 77.1 Å². The van der Waals surface area contributed by atoms with E-state index in [0.717, 1.165) is 59.8 Å². The third-order valence-corrected chi connectivity index (χ3v) is 8.31. The van der Waals surface area contributed by atoms with Crippen molar-refractivity contribution in [2.75, 3.05) is 48.4 Å². The minimum absolute atomic E-state index is 0.0194. The molecule has 0 saturated carbocycles. The van der Waals surface area contributed by atoms with E-state index in [1.165, 1.54) is 0 Å². The molecule has 3 N–H and O–H groups in total. The van der Waals surface area contributed by atoms with Crippen molar-refractivity contribution in [1.29, 1.82) is 0 Å².